The van der Waals surface area contributed by atoms with Gasteiger partial charge in [-0.3, -0.25) is 5.32 Å². The summed E-state index contributed by atoms with van der Waals surface area (Å²) < 4.78 is 38.3. The first-order valence-electron chi connectivity index (χ1n) is 12.0. The molecule has 0 aliphatic rings. The van der Waals surface area contributed by atoms with Crippen LogP contribution in [0.15, 0.2) is 53.4 Å². The lowest BCUT2D eigenvalue weighted by Gasteiger charge is -2.28. The van der Waals surface area contributed by atoms with Gasteiger partial charge in [-0.25, -0.2) is 22.7 Å². The number of benzene rings is 2. The molecule has 0 radical (unpaired) electrons. The van der Waals surface area contributed by atoms with Crippen molar-refractivity contribution in [3.05, 3.63) is 58.6 Å². The summed E-state index contributed by atoms with van der Waals surface area (Å²) in [7, 11) is -2.35. The molecule has 0 heterocycles. The van der Waals surface area contributed by atoms with Gasteiger partial charge in [0.05, 0.1) is 18.2 Å². The Hall–Kier alpha value is -2.57. The summed E-state index contributed by atoms with van der Waals surface area (Å²) >= 11 is 11.9. The predicted molar refractivity (Wildman–Crippen MR) is 148 cm³/mol. The number of methoxy groups -OCH3 is 1. The summed E-state index contributed by atoms with van der Waals surface area (Å²) in [5.74, 6) is 0. The number of ether oxygens (including phenoxy) is 2. The molecule has 0 saturated carbocycles. The van der Waals surface area contributed by atoms with E-state index >= 15 is 0 Å². The van der Waals surface area contributed by atoms with Gasteiger partial charge in [-0.2, -0.15) is 0 Å². The lowest BCUT2D eigenvalue weighted by atomic mass is 10.2. The second-order valence-corrected chi connectivity index (χ2v) is 11.3. The number of nitrogens with zero attached hydrogens (tertiary/aromatic N) is 1. The minimum atomic E-state index is -3.82. The van der Waals surface area contributed by atoms with E-state index in [1.165, 1.54) is 30.2 Å². The molecule has 0 aliphatic carbocycles. The quantitative estimate of drug-likeness (QED) is 0.274. The molecule has 1 atom stereocenters. The van der Waals surface area contributed by atoms with Crippen LogP contribution in [0.3, 0.4) is 0 Å². The van der Waals surface area contributed by atoms with Crippen LogP contribution in [-0.2, 0) is 19.5 Å². The Balaban J connectivity index is 1.95. The fraction of sp³-hybridized carbons (Fsp3) is 0.440. The van der Waals surface area contributed by atoms with Gasteiger partial charge < -0.3 is 19.7 Å². The van der Waals surface area contributed by atoms with E-state index in [-0.39, 0.29) is 41.7 Å². The zero-order valence-electron chi connectivity index (χ0n) is 21.6. The van der Waals surface area contributed by atoms with Crippen LogP contribution >= 0.6 is 23.2 Å². The lowest BCUT2D eigenvalue weighted by Crippen LogP contribution is -2.48. The number of amides is 3. The Bertz CT molecular complexity index is 1150. The van der Waals surface area contributed by atoms with Crippen molar-refractivity contribution in [1.82, 2.24) is 14.9 Å². The van der Waals surface area contributed by atoms with E-state index in [0.717, 1.165) is 0 Å². The van der Waals surface area contributed by atoms with Crippen LogP contribution in [0.25, 0.3) is 0 Å². The van der Waals surface area contributed by atoms with Crippen LogP contribution in [0.5, 0.6) is 0 Å². The van der Waals surface area contributed by atoms with E-state index in [2.05, 4.69) is 15.4 Å². The van der Waals surface area contributed by atoms with Crippen molar-refractivity contribution in [2.45, 2.75) is 43.7 Å². The molecule has 0 spiro atoms. The Labute approximate surface area is 234 Å². The Morgan fingerprint density at radius 1 is 1.05 bits per heavy atom. The Morgan fingerprint density at radius 2 is 1.76 bits per heavy atom. The molecule has 3 N–H and O–H groups in total. The number of hydrogen-bond donors (Lipinski definition) is 3. The highest BCUT2D eigenvalue weighted by molar-refractivity contribution is 7.89. The lowest BCUT2D eigenvalue weighted by molar-refractivity contribution is 0.0301. The number of halogens is 2. The van der Waals surface area contributed by atoms with Crippen molar-refractivity contribution in [1.29, 1.82) is 0 Å². The molecule has 0 unspecified atom stereocenters. The Kier molecular flexibility index (Phi) is 13.1. The van der Waals surface area contributed by atoms with Crippen molar-refractivity contribution in [3.63, 3.8) is 0 Å². The highest BCUT2D eigenvalue weighted by Gasteiger charge is 2.23. The number of nitrogens with one attached hydrogen (secondary N) is 3. The summed E-state index contributed by atoms with van der Waals surface area (Å²) in [5, 5.41) is 5.84. The van der Waals surface area contributed by atoms with E-state index < -0.39 is 22.2 Å². The maximum Gasteiger partial charge on any atom is 0.412 e. The number of para-hydroxylation sites is 1. The molecule has 2 rings (SSSR count). The molecular formula is C25H34Cl2N4O6S. The molecule has 2 aromatic rings. The molecule has 0 aliphatic heterocycles. The monoisotopic (exact) mass is 588 g/mol. The second kappa shape index (κ2) is 15.7. The second-order valence-electron chi connectivity index (χ2n) is 8.70. The highest BCUT2D eigenvalue weighted by Crippen LogP contribution is 2.24. The predicted octanol–water partition coefficient (Wildman–Crippen LogP) is 4.74. The smallest absolute Gasteiger partial charge is 0.412 e. The number of sulfonamides is 1. The normalized spacial score (nSPS) is 12.2. The van der Waals surface area contributed by atoms with E-state index in [0.29, 0.717) is 30.1 Å². The average molecular weight is 590 g/mol. The minimum Gasteiger partial charge on any atom is -0.442 e. The molecule has 13 heteroatoms. The van der Waals surface area contributed by atoms with E-state index in [1.54, 1.807) is 24.3 Å². The molecule has 0 fully saturated rings. The summed E-state index contributed by atoms with van der Waals surface area (Å²) in [6.45, 7) is 4.27. The van der Waals surface area contributed by atoms with Gasteiger partial charge in [0.1, 0.15) is 11.0 Å². The maximum absolute atomic E-state index is 12.8. The first-order chi connectivity index (χ1) is 18.0. The summed E-state index contributed by atoms with van der Waals surface area (Å²) in [5.41, 5.74) is 0.574. The average Bonchev–Trinajstić information content (AvgIpc) is 2.83. The first kappa shape index (κ1) is 31.6. The third-order valence-electron chi connectivity index (χ3n) is 5.10. The van der Waals surface area contributed by atoms with E-state index in [9.17, 15) is 18.0 Å². The van der Waals surface area contributed by atoms with Crippen molar-refractivity contribution in [2.75, 3.05) is 38.7 Å². The molecule has 0 bridgehead atoms. The standard InChI is InChI=1S/C25H34Cl2N4O6S/c1-18(2)29-24(32)31(16-21(17-36-3)37-25(33)30-20-9-5-4-6-10-20)14-8-7-13-28-38(34,35)23-12-11-19(26)15-22(23)27/h4-6,9-12,15,18,21,28H,7-8,13-14,16-17H2,1-3H3,(H,29,32)(H,30,33)/t21-/m1/s1. The number of urea groups is 1. The number of carbonyl (C=O) groups excluding carboxylic acids is 2. The molecule has 0 saturated heterocycles. The van der Waals surface area contributed by atoms with Crippen LogP contribution in [0.4, 0.5) is 15.3 Å². The number of rotatable bonds is 14. The Morgan fingerprint density at radius 3 is 2.39 bits per heavy atom. The molecule has 3 amide bonds. The molecule has 2 aromatic carbocycles. The summed E-state index contributed by atoms with van der Waals surface area (Å²) in [6.07, 6.45) is -0.469. The van der Waals surface area contributed by atoms with Gasteiger partial charge in [0, 0.05) is 37.0 Å². The number of hydrogen-bond acceptors (Lipinski definition) is 6. The van der Waals surface area contributed by atoms with Gasteiger partial charge in [-0.15, -0.1) is 0 Å². The van der Waals surface area contributed by atoms with Crippen LogP contribution in [0, 0.1) is 0 Å². The number of carbonyl (C=O) groups is 2. The SMILES string of the molecule is COC[C@@H](CN(CCCCNS(=O)(=O)c1ccc(Cl)cc1Cl)C(=O)NC(C)C)OC(=O)Nc1ccccc1. The van der Waals surface area contributed by atoms with E-state index in [4.69, 9.17) is 32.7 Å². The van der Waals surface area contributed by atoms with Crippen LogP contribution in [0.2, 0.25) is 10.0 Å². The zero-order chi connectivity index (χ0) is 28.1. The number of unbranched alkanes of at least 4 members (excludes halogenated alkanes) is 1. The third-order valence-corrected chi connectivity index (χ3v) is 7.28. The highest BCUT2D eigenvalue weighted by atomic mass is 35.5. The van der Waals surface area contributed by atoms with Crippen molar-refractivity contribution >= 4 is 51.0 Å². The van der Waals surface area contributed by atoms with Gasteiger partial charge in [-0.1, -0.05) is 41.4 Å². The van der Waals surface area contributed by atoms with Gasteiger partial charge in [0.25, 0.3) is 0 Å². The van der Waals surface area contributed by atoms with Crippen LogP contribution in [0.1, 0.15) is 26.7 Å². The molecule has 38 heavy (non-hydrogen) atoms. The van der Waals surface area contributed by atoms with Crippen molar-refractivity contribution in [3.8, 4) is 0 Å². The van der Waals surface area contributed by atoms with Crippen molar-refractivity contribution < 1.29 is 27.5 Å². The van der Waals surface area contributed by atoms with Gasteiger partial charge in [0.15, 0.2) is 0 Å². The molecule has 210 valence electrons. The first-order valence-corrected chi connectivity index (χ1v) is 14.3. The number of anilines is 1. The maximum atomic E-state index is 12.8. The fourth-order valence-corrected chi connectivity index (χ4v) is 5.24. The molecule has 0 aromatic heterocycles. The van der Waals surface area contributed by atoms with Gasteiger partial charge in [0.2, 0.25) is 10.0 Å². The fourth-order valence-electron chi connectivity index (χ4n) is 3.39. The van der Waals surface area contributed by atoms with Crippen LogP contribution in [-0.4, -0.2) is 70.9 Å². The summed E-state index contributed by atoms with van der Waals surface area (Å²) in [6, 6.07) is 12.6. The topological polar surface area (TPSA) is 126 Å². The zero-order valence-corrected chi connectivity index (χ0v) is 23.9. The molecule has 10 nitrogen and oxygen atoms in total. The van der Waals surface area contributed by atoms with Crippen LogP contribution < -0.4 is 15.4 Å². The minimum absolute atomic E-state index is 0.0296. The van der Waals surface area contributed by atoms with Gasteiger partial charge in [-0.05, 0) is 57.0 Å². The van der Waals surface area contributed by atoms with Gasteiger partial charge >= 0.3 is 12.1 Å². The van der Waals surface area contributed by atoms with E-state index in [1.807, 2.05) is 19.9 Å². The summed E-state index contributed by atoms with van der Waals surface area (Å²) in [4.78, 5) is 26.7. The van der Waals surface area contributed by atoms with Crippen molar-refractivity contribution in [2.24, 2.45) is 0 Å². The third kappa shape index (κ3) is 11.0. The largest absolute Gasteiger partial charge is 0.442 e. The molecular weight excluding hydrogens is 555 g/mol.